The summed E-state index contributed by atoms with van der Waals surface area (Å²) in [7, 11) is 2.21. The number of rotatable bonds is 11. The zero-order chi connectivity index (χ0) is 11.4. The fourth-order valence-electron chi connectivity index (χ4n) is 1.87. The van der Waals surface area contributed by atoms with Gasteiger partial charge in [-0.25, -0.2) is 0 Å². The molecule has 0 saturated heterocycles. The van der Waals surface area contributed by atoms with Gasteiger partial charge in [-0.2, -0.15) is 0 Å². The molecule has 2 nitrogen and oxygen atoms in total. The Labute approximate surface area is 95.7 Å². The Morgan fingerprint density at radius 1 is 0.800 bits per heavy atom. The highest BCUT2D eigenvalue weighted by atomic mass is 16.2. The molecule has 0 spiro atoms. The molecule has 0 aliphatic carbocycles. The molecule has 0 bridgehead atoms. The quantitative estimate of drug-likeness (QED) is 0.535. The Bertz CT molecular complexity index is 117. The van der Waals surface area contributed by atoms with Crippen LogP contribution >= 0.6 is 0 Å². The van der Waals surface area contributed by atoms with E-state index in [1.807, 2.05) is 0 Å². The molecular weight excluding hydrogens is 186 g/mol. The Balaban J connectivity index is 2.98. The highest BCUT2D eigenvalue weighted by Gasteiger charge is 1.96. The van der Waals surface area contributed by atoms with E-state index < -0.39 is 0 Å². The molecule has 0 atom stereocenters. The van der Waals surface area contributed by atoms with Crippen LogP contribution in [0.5, 0.6) is 0 Å². The number of aliphatic hydroxyl groups excluding tert-OH is 1. The van der Waals surface area contributed by atoms with Gasteiger partial charge in [0.1, 0.15) is 0 Å². The molecule has 0 aromatic heterocycles. The van der Waals surface area contributed by atoms with Crippen molar-refractivity contribution < 1.29 is 5.11 Å². The second-order valence-electron chi connectivity index (χ2n) is 4.50. The van der Waals surface area contributed by atoms with Gasteiger partial charge in [0.25, 0.3) is 0 Å². The largest absolute Gasteiger partial charge is 0.396 e. The van der Waals surface area contributed by atoms with E-state index in [9.17, 15) is 0 Å². The molecule has 1 N–H and O–H groups in total. The molecule has 2 heteroatoms. The van der Waals surface area contributed by atoms with Crippen LogP contribution in [-0.2, 0) is 0 Å². The SMILES string of the molecule is CCCN(C)CCCCCCCCCO. The van der Waals surface area contributed by atoms with Gasteiger partial charge in [-0.1, -0.05) is 39.0 Å². The summed E-state index contributed by atoms with van der Waals surface area (Å²) in [5.41, 5.74) is 0. The maximum Gasteiger partial charge on any atom is 0.0431 e. The van der Waals surface area contributed by atoms with Crippen molar-refractivity contribution >= 4 is 0 Å². The van der Waals surface area contributed by atoms with Gasteiger partial charge in [-0.15, -0.1) is 0 Å². The minimum Gasteiger partial charge on any atom is -0.396 e. The van der Waals surface area contributed by atoms with Gasteiger partial charge in [0.05, 0.1) is 0 Å². The Morgan fingerprint density at radius 3 is 1.87 bits per heavy atom. The lowest BCUT2D eigenvalue weighted by molar-refractivity contribution is 0.282. The predicted molar refractivity (Wildman–Crippen MR) is 67.2 cm³/mol. The van der Waals surface area contributed by atoms with Crippen LogP contribution in [0.3, 0.4) is 0 Å². The van der Waals surface area contributed by atoms with Crippen molar-refractivity contribution in [2.75, 3.05) is 26.7 Å². The molecule has 0 radical (unpaired) electrons. The van der Waals surface area contributed by atoms with Gasteiger partial charge in [0, 0.05) is 6.61 Å². The lowest BCUT2D eigenvalue weighted by atomic mass is 10.1. The van der Waals surface area contributed by atoms with E-state index in [1.165, 1.54) is 58.0 Å². The highest BCUT2D eigenvalue weighted by Crippen LogP contribution is 2.07. The summed E-state index contributed by atoms with van der Waals surface area (Å²) in [6, 6.07) is 0. The average Bonchev–Trinajstić information content (AvgIpc) is 2.22. The number of hydrogen-bond acceptors (Lipinski definition) is 2. The zero-order valence-corrected chi connectivity index (χ0v) is 10.7. The molecular formula is C13H29NO. The number of aliphatic hydroxyl groups is 1. The second kappa shape index (κ2) is 12.0. The van der Waals surface area contributed by atoms with Gasteiger partial charge < -0.3 is 10.0 Å². The van der Waals surface area contributed by atoms with E-state index in [-0.39, 0.29) is 0 Å². The maximum atomic E-state index is 8.61. The molecule has 0 heterocycles. The number of unbranched alkanes of at least 4 members (excludes halogenated alkanes) is 6. The summed E-state index contributed by atoms with van der Waals surface area (Å²) >= 11 is 0. The van der Waals surface area contributed by atoms with E-state index in [2.05, 4.69) is 18.9 Å². The zero-order valence-electron chi connectivity index (χ0n) is 10.7. The fourth-order valence-corrected chi connectivity index (χ4v) is 1.87. The van der Waals surface area contributed by atoms with Crippen LogP contribution in [0.1, 0.15) is 58.3 Å². The van der Waals surface area contributed by atoms with Gasteiger partial charge in [0.2, 0.25) is 0 Å². The van der Waals surface area contributed by atoms with E-state index in [0.717, 1.165) is 6.42 Å². The molecule has 0 rings (SSSR count). The van der Waals surface area contributed by atoms with Crippen LogP contribution in [0.25, 0.3) is 0 Å². The van der Waals surface area contributed by atoms with E-state index in [1.54, 1.807) is 0 Å². The summed E-state index contributed by atoms with van der Waals surface area (Å²) < 4.78 is 0. The van der Waals surface area contributed by atoms with Crippen molar-refractivity contribution in [3.63, 3.8) is 0 Å². The van der Waals surface area contributed by atoms with Crippen LogP contribution in [0, 0.1) is 0 Å². The van der Waals surface area contributed by atoms with E-state index in [0.29, 0.717) is 6.61 Å². The van der Waals surface area contributed by atoms with E-state index in [4.69, 9.17) is 5.11 Å². The topological polar surface area (TPSA) is 23.5 Å². The lowest BCUT2D eigenvalue weighted by Crippen LogP contribution is -2.20. The molecule has 0 aliphatic heterocycles. The average molecular weight is 215 g/mol. The third-order valence-electron chi connectivity index (χ3n) is 2.80. The summed E-state index contributed by atoms with van der Waals surface area (Å²) in [5, 5.41) is 8.61. The molecule has 0 saturated carbocycles. The summed E-state index contributed by atoms with van der Waals surface area (Å²) in [5.74, 6) is 0. The monoisotopic (exact) mass is 215 g/mol. The van der Waals surface area contributed by atoms with Gasteiger partial charge >= 0.3 is 0 Å². The van der Waals surface area contributed by atoms with E-state index >= 15 is 0 Å². The maximum absolute atomic E-state index is 8.61. The van der Waals surface area contributed by atoms with Crippen molar-refractivity contribution in [1.82, 2.24) is 4.90 Å². The highest BCUT2D eigenvalue weighted by molar-refractivity contribution is 4.51. The normalized spacial score (nSPS) is 11.2. The minimum absolute atomic E-state index is 0.363. The van der Waals surface area contributed by atoms with Gasteiger partial charge in [-0.3, -0.25) is 0 Å². The first-order valence-corrected chi connectivity index (χ1v) is 6.60. The van der Waals surface area contributed by atoms with Crippen molar-refractivity contribution in [1.29, 1.82) is 0 Å². The van der Waals surface area contributed by atoms with Gasteiger partial charge in [0.15, 0.2) is 0 Å². The smallest absolute Gasteiger partial charge is 0.0431 e. The standard InChI is InChI=1S/C13H29NO/c1-3-11-14(2)12-9-7-5-4-6-8-10-13-15/h15H,3-13H2,1-2H3. The summed E-state index contributed by atoms with van der Waals surface area (Å²) in [6.45, 7) is 5.08. The van der Waals surface area contributed by atoms with Crippen molar-refractivity contribution in [3.8, 4) is 0 Å². The van der Waals surface area contributed by atoms with Crippen LogP contribution in [-0.4, -0.2) is 36.8 Å². The molecule has 0 unspecified atom stereocenters. The van der Waals surface area contributed by atoms with Crippen molar-refractivity contribution in [2.24, 2.45) is 0 Å². The fraction of sp³-hybridized carbons (Fsp3) is 1.00. The Kier molecular flexibility index (Phi) is 11.9. The first-order valence-electron chi connectivity index (χ1n) is 6.60. The first-order chi connectivity index (χ1) is 7.31. The molecule has 0 fully saturated rings. The summed E-state index contributed by atoms with van der Waals surface area (Å²) in [4.78, 5) is 2.42. The third-order valence-corrected chi connectivity index (χ3v) is 2.80. The molecule has 0 aromatic rings. The Morgan fingerprint density at radius 2 is 1.33 bits per heavy atom. The molecule has 0 amide bonds. The summed E-state index contributed by atoms with van der Waals surface area (Å²) in [6.07, 6.45) is 10.2. The van der Waals surface area contributed by atoms with Crippen LogP contribution in [0.4, 0.5) is 0 Å². The van der Waals surface area contributed by atoms with Gasteiger partial charge in [-0.05, 0) is 39.4 Å². The number of hydrogen-bond donors (Lipinski definition) is 1. The first kappa shape index (κ1) is 14.9. The van der Waals surface area contributed by atoms with Crippen molar-refractivity contribution in [3.05, 3.63) is 0 Å². The number of nitrogens with zero attached hydrogens (tertiary/aromatic N) is 1. The minimum atomic E-state index is 0.363. The van der Waals surface area contributed by atoms with Crippen LogP contribution in [0.15, 0.2) is 0 Å². The lowest BCUT2D eigenvalue weighted by Gasteiger charge is -2.14. The van der Waals surface area contributed by atoms with Crippen LogP contribution < -0.4 is 0 Å². The molecule has 15 heavy (non-hydrogen) atoms. The predicted octanol–water partition coefficient (Wildman–Crippen LogP) is 3.05. The van der Waals surface area contributed by atoms with Crippen LogP contribution in [0.2, 0.25) is 0 Å². The second-order valence-corrected chi connectivity index (χ2v) is 4.50. The molecule has 92 valence electrons. The Hall–Kier alpha value is -0.0800. The molecule has 0 aliphatic rings. The third kappa shape index (κ3) is 11.8. The van der Waals surface area contributed by atoms with Crippen molar-refractivity contribution in [2.45, 2.75) is 58.3 Å². The molecule has 0 aromatic carbocycles.